The van der Waals surface area contributed by atoms with Gasteiger partial charge in [-0.2, -0.15) is 9.78 Å². The first-order valence-corrected chi connectivity index (χ1v) is 10.7. The van der Waals surface area contributed by atoms with Crippen molar-refractivity contribution in [3.8, 4) is 5.95 Å². The lowest BCUT2D eigenvalue weighted by Gasteiger charge is -2.16. The number of rotatable bonds is 6. The van der Waals surface area contributed by atoms with Gasteiger partial charge in [-0.1, -0.05) is 37.3 Å². The summed E-state index contributed by atoms with van der Waals surface area (Å²) in [5.41, 5.74) is 3.42. The number of anilines is 1. The van der Waals surface area contributed by atoms with Crippen LogP contribution in [0, 0.1) is 0 Å². The van der Waals surface area contributed by atoms with Crippen LogP contribution in [-0.4, -0.2) is 25.7 Å². The molecule has 2 aliphatic rings. The van der Waals surface area contributed by atoms with Crippen molar-refractivity contribution in [2.24, 2.45) is 0 Å². The molecule has 1 aromatic carbocycles. The monoisotopic (exact) mass is 403 g/mol. The van der Waals surface area contributed by atoms with E-state index in [2.05, 4.69) is 20.4 Å². The Balaban J connectivity index is 1.50. The van der Waals surface area contributed by atoms with Gasteiger partial charge in [0.25, 0.3) is 5.56 Å². The molecule has 1 saturated carbocycles. The molecule has 154 valence electrons. The fourth-order valence-corrected chi connectivity index (χ4v) is 4.23. The van der Waals surface area contributed by atoms with E-state index in [0.717, 1.165) is 54.6 Å². The molecule has 2 heterocycles. The number of aromatic amines is 1. The van der Waals surface area contributed by atoms with Crippen LogP contribution in [0.15, 0.2) is 41.2 Å². The summed E-state index contributed by atoms with van der Waals surface area (Å²) in [6.45, 7) is 2.00. The molecule has 0 bridgehead atoms. The molecule has 30 heavy (non-hydrogen) atoms. The molecule has 2 aromatic heterocycles. The molecule has 0 spiro atoms. The van der Waals surface area contributed by atoms with Gasteiger partial charge in [0.1, 0.15) is 5.82 Å². The highest BCUT2D eigenvalue weighted by Gasteiger charge is 2.29. The Bertz CT molecular complexity index is 1140. The summed E-state index contributed by atoms with van der Waals surface area (Å²) < 4.78 is 1.59. The standard InChI is InChI=1S/C23H25N5O2/c1-2-16(14-7-4-3-5-8-14)21(29)25-20-13-19(15-11-12-15)27-28(20)23-24-18-10-6-9-17(18)22(30)26-23/h3-5,7-8,13,15-16H,2,6,9-12H2,1H3,(H,25,29)(H,24,26,30)/t16-/m0/s1. The van der Waals surface area contributed by atoms with E-state index >= 15 is 0 Å². The number of H-pyrrole nitrogens is 1. The van der Waals surface area contributed by atoms with E-state index in [4.69, 9.17) is 0 Å². The molecular weight excluding hydrogens is 378 g/mol. The van der Waals surface area contributed by atoms with Gasteiger partial charge >= 0.3 is 0 Å². The van der Waals surface area contributed by atoms with Gasteiger partial charge in [-0.25, -0.2) is 4.98 Å². The molecule has 0 saturated heterocycles. The Kier molecular flexibility index (Phi) is 4.73. The van der Waals surface area contributed by atoms with E-state index in [9.17, 15) is 9.59 Å². The molecular formula is C23H25N5O2. The zero-order valence-electron chi connectivity index (χ0n) is 17.0. The van der Waals surface area contributed by atoms with Gasteiger partial charge in [0, 0.05) is 17.5 Å². The van der Waals surface area contributed by atoms with Crippen LogP contribution in [0.5, 0.6) is 0 Å². The third kappa shape index (κ3) is 3.44. The fraction of sp³-hybridized carbons (Fsp3) is 0.391. The van der Waals surface area contributed by atoms with Crippen molar-refractivity contribution in [2.45, 2.75) is 57.3 Å². The molecule has 1 amide bonds. The zero-order chi connectivity index (χ0) is 20.7. The van der Waals surface area contributed by atoms with Crippen LogP contribution in [0.25, 0.3) is 5.95 Å². The maximum Gasteiger partial charge on any atom is 0.255 e. The van der Waals surface area contributed by atoms with Crippen molar-refractivity contribution in [2.75, 3.05) is 5.32 Å². The lowest BCUT2D eigenvalue weighted by Crippen LogP contribution is -2.24. The number of hydrogen-bond acceptors (Lipinski definition) is 4. The SMILES string of the molecule is CC[C@H](C(=O)Nc1cc(C2CC2)nn1-c1nc2c(c(=O)[nH]1)CCC2)c1ccccc1. The van der Waals surface area contributed by atoms with Crippen molar-refractivity contribution < 1.29 is 4.79 Å². The highest BCUT2D eigenvalue weighted by molar-refractivity contribution is 5.95. The minimum absolute atomic E-state index is 0.0873. The molecule has 0 unspecified atom stereocenters. The number of benzene rings is 1. The Labute approximate surface area is 174 Å². The Morgan fingerprint density at radius 3 is 2.80 bits per heavy atom. The minimum atomic E-state index is -0.258. The first-order valence-electron chi connectivity index (χ1n) is 10.7. The Morgan fingerprint density at radius 2 is 2.07 bits per heavy atom. The summed E-state index contributed by atoms with van der Waals surface area (Å²) in [5.74, 6) is 0.994. The summed E-state index contributed by atoms with van der Waals surface area (Å²) in [4.78, 5) is 33.2. The average Bonchev–Trinajstić information content (AvgIpc) is 3.33. The highest BCUT2D eigenvalue weighted by Crippen LogP contribution is 2.40. The van der Waals surface area contributed by atoms with Gasteiger partial charge in [0.05, 0.1) is 17.3 Å². The number of fused-ring (bicyclic) bond motifs is 1. The van der Waals surface area contributed by atoms with Crippen molar-refractivity contribution in [3.05, 3.63) is 69.3 Å². The van der Waals surface area contributed by atoms with E-state index in [1.807, 2.05) is 43.3 Å². The quantitative estimate of drug-likeness (QED) is 0.659. The third-order valence-electron chi connectivity index (χ3n) is 6.03. The maximum atomic E-state index is 13.1. The number of aromatic nitrogens is 4. The zero-order valence-corrected chi connectivity index (χ0v) is 17.0. The number of aryl methyl sites for hydroxylation is 1. The molecule has 2 aliphatic carbocycles. The second-order valence-electron chi connectivity index (χ2n) is 8.17. The predicted molar refractivity (Wildman–Crippen MR) is 114 cm³/mol. The first-order chi connectivity index (χ1) is 14.6. The largest absolute Gasteiger partial charge is 0.310 e. The van der Waals surface area contributed by atoms with Crippen molar-refractivity contribution in [1.29, 1.82) is 0 Å². The van der Waals surface area contributed by atoms with Crippen LogP contribution >= 0.6 is 0 Å². The Morgan fingerprint density at radius 1 is 1.27 bits per heavy atom. The van der Waals surface area contributed by atoms with E-state index in [1.165, 1.54) is 0 Å². The molecule has 0 aliphatic heterocycles. The van der Waals surface area contributed by atoms with Gasteiger partial charge < -0.3 is 5.32 Å². The fourth-order valence-electron chi connectivity index (χ4n) is 4.23. The number of carbonyl (C=O) groups is 1. The predicted octanol–water partition coefficient (Wildman–Crippen LogP) is 3.45. The second kappa shape index (κ2) is 7.55. The molecule has 1 atom stereocenters. The molecule has 5 rings (SSSR count). The Hall–Kier alpha value is -3.22. The number of amides is 1. The van der Waals surface area contributed by atoms with Gasteiger partial charge in [0.2, 0.25) is 11.9 Å². The highest BCUT2D eigenvalue weighted by atomic mass is 16.2. The number of hydrogen-bond donors (Lipinski definition) is 2. The normalized spacial score (nSPS) is 16.3. The summed E-state index contributed by atoms with van der Waals surface area (Å²) in [5, 5.41) is 7.74. The molecule has 3 aromatic rings. The van der Waals surface area contributed by atoms with Gasteiger partial charge in [-0.3, -0.25) is 14.6 Å². The summed E-state index contributed by atoms with van der Waals surface area (Å²) in [6.07, 6.45) is 5.40. The van der Waals surface area contributed by atoms with E-state index in [1.54, 1.807) is 4.68 Å². The van der Waals surface area contributed by atoms with E-state index in [-0.39, 0.29) is 17.4 Å². The van der Waals surface area contributed by atoms with Crippen LogP contribution in [-0.2, 0) is 17.6 Å². The van der Waals surface area contributed by atoms with E-state index < -0.39 is 0 Å². The molecule has 0 radical (unpaired) electrons. The molecule has 7 heteroatoms. The number of nitrogens with one attached hydrogen (secondary N) is 2. The second-order valence-corrected chi connectivity index (χ2v) is 8.17. The molecule has 2 N–H and O–H groups in total. The van der Waals surface area contributed by atoms with Crippen LogP contribution in [0.3, 0.4) is 0 Å². The molecule has 1 fully saturated rings. The van der Waals surface area contributed by atoms with Crippen molar-refractivity contribution in [3.63, 3.8) is 0 Å². The smallest absolute Gasteiger partial charge is 0.255 e. The molecule has 7 nitrogen and oxygen atoms in total. The average molecular weight is 403 g/mol. The van der Waals surface area contributed by atoms with Crippen LogP contribution in [0.2, 0.25) is 0 Å². The van der Waals surface area contributed by atoms with Gasteiger partial charge in [-0.05, 0) is 44.1 Å². The van der Waals surface area contributed by atoms with Gasteiger partial charge in [-0.15, -0.1) is 0 Å². The third-order valence-corrected chi connectivity index (χ3v) is 6.03. The number of nitrogens with zero attached hydrogens (tertiary/aromatic N) is 3. The first kappa shape index (κ1) is 18.8. The van der Waals surface area contributed by atoms with Crippen LogP contribution in [0.1, 0.15) is 67.0 Å². The van der Waals surface area contributed by atoms with E-state index in [0.29, 0.717) is 24.1 Å². The van der Waals surface area contributed by atoms with Crippen molar-refractivity contribution >= 4 is 11.7 Å². The number of carbonyl (C=O) groups excluding carboxylic acids is 1. The maximum absolute atomic E-state index is 13.1. The van der Waals surface area contributed by atoms with Crippen molar-refractivity contribution in [1.82, 2.24) is 19.7 Å². The van der Waals surface area contributed by atoms with Crippen LogP contribution < -0.4 is 10.9 Å². The lowest BCUT2D eigenvalue weighted by molar-refractivity contribution is -0.117. The lowest BCUT2D eigenvalue weighted by atomic mass is 9.96. The van der Waals surface area contributed by atoms with Gasteiger partial charge in [0.15, 0.2) is 0 Å². The summed E-state index contributed by atoms with van der Waals surface area (Å²) in [6, 6.07) is 11.7. The summed E-state index contributed by atoms with van der Waals surface area (Å²) >= 11 is 0. The van der Waals surface area contributed by atoms with Crippen LogP contribution in [0.4, 0.5) is 5.82 Å². The minimum Gasteiger partial charge on any atom is -0.310 e. The summed E-state index contributed by atoms with van der Waals surface area (Å²) in [7, 11) is 0. The topological polar surface area (TPSA) is 92.7 Å².